The number of carbonyl (C=O) groups is 1. The molecule has 0 saturated carbocycles. The summed E-state index contributed by atoms with van der Waals surface area (Å²) in [4.78, 5) is 10.8. The molecule has 0 aliphatic rings. The van der Waals surface area contributed by atoms with Crippen molar-refractivity contribution in [2.24, 2.45) is 0 Å². The Morgan fingerprint density at radius 3 is 2.33 bits per heavy atom. The van der Waals surface area contributed by atoms with Gasteiger partial charge in [-0.05, 0) is 35.4 Å². The van der Waals surface area contributed by atoms with E-state index in [1.807, 2.05) is 42.5 Å². The van der Waals surface area contributed by atoms with Crippen LogP contribution < -0.4 is 0 Å². The number of hydrogen-bond donors (Lipinski definition) is 1. The molecule has 0 atom stereocenters. The monoisotopic (exact) mass is 302 g/mol. The molecule has 0 aliphatic heterocycles. The van der Waals surface area contributed by atoms with Gasteiger partial charge < -0.3 is 5.11 Å². The molecule has 0 amide bonds. The Morgan fingerprint density at radius 2 is 1.67 bits per heavy atom. The van der Waals surface area contributed by atoms with E-state index in [4.69, 9.17) is 5.11 Å². The maximum atomic E-state index is 10.8. The molecule has 0 unspecified atom stereocenters. The quantitative estimate of drug-likeness (QED) is 0.858. The minimum Gasteiger partial charge on any atom is -0.478 e. The molecule has 0 radical (unpaired) electrons. The number of hydrogen-bond acceptors (Lipinski definition) is 1. The predicted molar refractivity (Wildman–Crippen MR) is 76.5 cm³/mol. The van der Waals surface area contributed by atoms with E-state index in [1.54, 1.807) is 18.2 Å². The Bertz CT molecular complexity index is 586. The minimum atomic E-state index is -0.908. The zero-order valence-corrected chi connectivity index (χ0v) is 11.1. The highest BCUT2D eigenvalue weighted by molar-refractivity contribution is 9.10. The van der Waals surface area contributed by atoms with Crippen LogP contribution in [-0.2, 0) is 0 Å². The van der Waals surface area contributed by atoms with Gasteiger partial charge in [0.15, 0.2) is 0 Å². The molecular formula is C15H11BrO2. The number of halogens is 1. The molecule has 0 fully saturated rings. The fraction of sp³-hybridized carbons (Fsp3) is 0. The Hall–Kier alpha value is -1.87. The largest absolute Gasteiger partial charge is 0.478 e. The third-order valence-corrected chi connectivity index (χ3v) is 3.00. The summed E-state index contributed by atoms with van der Waals surface area (Å²) in [6.07, 6.45) is 3.85. The third kappa shape index (κ3) is 3.31. The molecule has 0 spiro atoms. The molecular weight excluding hydrogens is 292 g/mol. The Morgan fingerprint density at radius 1 is 1.00 bits per heavy atom. The van der Waals surface area contributed by atoms with Gasteiger partial charge in [-0.1, -0.05) is 52.3 Å². The fourth-order valence-corrected chi connectivity index (χ4v) is 1.81. The highest BCUT2D eigenvalue weighted by Crippen LogP contribution is 2.14. The molecule has 0 heterocycles. The van der Waals surface area contributed by atoms with E-state index in [-0.39, 0.29) is 0 Å². The summed E-state index contributed by atoms with van der Waals surface area (Å²) in [6, 6.07) is 14.8. The molecule has 0 saturated heterocycles. The topological polar surface area (TPSA) is 37.3 Å². The van der Waals surface area contributed by atoms with Crippen LogP contribution in [0.2, 0.25) is 0 Å². The SMILES string of the molecule is O=C(O)c1cccc(/C=C/c2ccc(Br)cc2)c1. The number of carboxylic acid groups (broad SMARTS) is 1. The van der Waals surface area contributed by atoms with Gasteiger partial charge >= 0.3 is 5.97 Å². The smallest absolute Gasteiger partial charge is 0.335 e. The van der Waals surface area contributed by atoms with E-state index < -0.39 is 5.97 Å². The van der Waals surface area contributed by atoms with Crippen LogP contribution in [0, 0.1) is 0 Å². The maximum Gasteiger partial charge on any atom is 0.335 e. The molecule has 0 aromatic heterocycles. The zero-order valence-electron chi connectivity index (χ0n) is 9.51. The average molecular weight is 303 g/mol. The standard InChI is InChI=1S/C15H11BrO2/c16-14-8-6-11(7-9-14)4-5-12-2-1-3-13(10-12)15(17)18/h1-10H,(H,17,18)/b5-4+. The van der Waals surface area contributed by atoms with Gasteiger partial charge in [0.25, 0.3) is 0 Å². The van der Waals surface area contributed by atoms with Gasteiger partial charge in [0.1, 0.15) is 0 Å². The first kappa shape index (κ1) is 12.6. The van der Waals surface area contributed by atoms with Crippen molar-refractivity contribution in [1.82, 2.24) is 0 Å². The average Bonchev–Trinajstić information content (AvgIpc) is 2.38. The molecule has 0 bridgehead atoms. The van der Waals surface area contributed by atoms with Crippen molar-refractivity contribution in [3.63, 3.8) is 0 Å². The second-order valence-corrected chi connectivity index (χ2v) is 4.73. The van der Waals surface area contributed by atoms with Crippen LogP contribution in [0.3, 0.4) is 0 Å². The van der Waals surface area contributed by atoms with Crippen molar-refractivity contribution >= 4 is 34.1 Å². The first-order valence-corrected chi connectivity index (χ1v) is 6.21. The molecule has 2 nitrogen and oxygen atoms in total. The number of aromatic carboxylic acids is 1. The summed E-state index contributed by atoms with van der Waals surface area (Å²) in [5.74, 6) is -0.908. The van der Waals surface area contributed by atoms with Gasteiger partial charge in [-0.3, -0.25) is 0 Å². The van der Waals surface area contributed by atoms with Crippen LogP contribution in [0.5, 0.6) is 0 Å². The van der Waals surface area contributed by atoms with E-state index in [1.165, 1.54) is 0 Å². The fourth-order valence-electron chi connectivity index (χ4n) is 1.54. The van der Waals surface area contributed by atoms with E-state index in [2.05, 4.69) is 15.9 Å². The van der Waals surface area contributed by atoms with Crippen molar-refractivity contribution in [3.8, 4) is 0 Å². The predicted octanol–water partition coefficient (Wildman–Crippen LogP) is 4.32. The van der Waals surface area contributed by atoms with Gasteiger partial charge in [0, 0.05) is 4.47 Å². The molecule has 2 aromatic carbocycles. The van der Waals surface area contributed by atoms with Crippen LogP contribution in [0.25, 0.3) is 12.2 Å². The number of benzene rings is 2. The maximum absolute atomic E-state index is 10.8. The molecule has 90 valence electrons. The number of rotatable bonds is 3. The summed E-state index contributed by atoms with van der Waals surface area (Å²) in [7, 11) is 0. The highest BCUT2D eigenvalue weighted by Gasteiger charge is 2.00. The normalized spacial score (nSPS) is 10.7. The lowest BCUT2D eigenvalue weighted by Crippen LogP contribution is -1.95. The number of carboxylic acids is 1. The molecule has 18 heavy (non-hydrogen) atoms. The Kier molecular flexibility index (Phi) is 3.95. The van der Waals surface area contributed by atoms with Crippen molar-refractivity contribution in [2.75, 3.05) is 0 Å². The van der Waals surface area contributed by atoms with Gasteiger partial charge in [0.2, 0.25) is 0 Å². The molecule has 2 rings (SSSR count). The van der Waals surface area contributed by atoms with E-state index in [0.29, 0.717) is 5.56 Å². The summed E-state index contributed by atoms with van der Waals surface area (Å²) < 4.78 is 1.03. The van der Waals surface area contributed by atoms with Gasteiger partial charge in [-0.2, -0.15) is 0 Å². The van der Waals surface area contributed by atoms with Gasteiger partial charge in [0.05, 0.1) is 5.56 Å². The second-order valence-electron chi connectivity index (χ2n) is 3.82. The summed E-state index contributed by atoms with van der Waals surface area (Å²) in [5.41, 5.74) is 2.24. The third-order valence-electron chi connectivity index (χ3n) is 2.47. The van der Waals surface area contributed by atoms with Crippen LogP contribution in [0.4, 0.5) is 0 Å². The van der Waals surface area contributed by atoms with Gasteiger partial charge in [-0.25, -0.2) is 4.79 Å². The van der Waals surface area contributed by atoms with Gasteiger partial charge in [-0.15, -0.1) is 0 Å². The van der Waals surface area contributed by atoms with Crippen LogP contribution in [0.1, 0.15) is 21.5 Å². The highest BCUT2D eigenvalue weighted by atomic mass is 79.9. The Balaban J connectivity index is 2.20. The van der Waals surface area contributed by atoms with Crippen molar-refractivity contribution in [2.45, 2.75) is 0 Å². The zero-order chi connectivity index (χ0) is 13.0. The van der Waals surface area contributed by atoms with E-state index in [0.717, 1.165) is 15.6 Å². The first-order valence-electron chi connectivity index (χ1n) is 5.42. The molecule has 0 aliphatic carbocycles. The lowest BCUT2D eigenvalue weighted by Gasteiger charge is -1.97. The first-order chi connectivity index (χ1) is 8.65. The van der Waals surface area contributed by atoms with Crippen molar-refractivity contribution < 1.29 is 9.90 Å². The lowest BCUT2D eigenvalue weighted by molar-refractivity contribution is 0.0697. The molecule has 1 N–H and O–H groups in total. The van der Waals surface area contributed by atoms with Crippen LogP contribution in [-0.4, -0.2) is 11.1 Å². The van der Waals surface area contributed by atoms with E-state index in [9.17, 15) is 4.79 Å². The molecule has 2 aromatic rings. The van der Waals surface area contributed by atoms with Crippen LogP contribution >= 0.6 is 15.9 Å². The van der Waals surface area contributed by atoms with Crippen LogP contribution in [0.15, 0.2) is 53.0 Å². The summed E-state index contributed by atoms with van der Waals surface area (Å²) in [6.45, 7) is 0. The van der Waals surface area contributed by atoms with Crippen molar-refractivity contribution in [1.29, 1.82) is 0 Å². The molecule has 3 heteroatoms. The van der Waals surface area contributed by atoms with E-state index >= 15 is 0 Å². The van der Waals surface area contributed by atoms with Crippen molar-refractivity contribution in [3.05, 3.63) is 69.7 Å². The lowest BCUT2D eigenvalue weighted by atomic mass is 10.1. The summed E-state index contributed by atoms with van der Waals surface area (Å²) >= 11 is 3.38. The summed E-state index contributed by atoms with van der Waals surface area (Å²) in [5, 5.41) is 8.90. The Labute approximate surface area is 114 Å². The second kappa shape index (κ2) is 5.65. The minimum absolute atomic E-state index is 0.299.